The molecule has 0 spiro atoms. The Morgan fingerprint density at radius 2 is 2.13 bits per heavy atom. The van der Waals surface area contributed by atoms with Gasteiger partial charge in [-0.2, -0.15) is 0 Å². The first kappa shape index (κ1) is 9.96. The van der Waals surface area contributed by atoms with Crippen molar-refractivity contribution in [2.45, 2.75) is 25.3 Å². The van der Waals surface area contributed by atoms with Gasteiger partial charge in [0.15, 0.2) is 11.8 Å². The number of carbonyl (C=O) groups is 1. The second kappa shape index (κ2) is 3.88. The second-order valence-corrected chi connectivity index (χ2v) is 3.67. The van der Waals surface area contributed by atoms with Crippen LogP contribution in [0.1, 0.15) is 30.0 Å². The van der Waals surface area contributed by atoms with Crippen molar-refractivity contribution in [1.82, 2.24) is 0 Å². The monoisotopic (exact) mass is 207 g/mol. The third kappa shape index (κ3) is 1.79. The van der Waals surface area contributed by atoms with Gasteiger partial charge in [-0.15, -0.1) is 4.91 Å². The van der Waals surface area contributed by atoms with E-state index in [0.29, 0.717) is 24.8 Å². The van der Waals surface area contributed by atoms with Crippen LogP contribution in [0.2, 0.25) is 0 Å². The van der Waals surface area contributed by atoms with Crippen LogP contribution in [0.5, 0.6) is 0 Å². The SMILES string of the molecule is O=NC1C(=O)CCCc2ccc(F)cc21. The second-order valence-electron chi connectivity index (χ2n) is 3.67. The van der Waals surface area contributed by atoms with E-state index < -0.39 is 11.9 Å². The minimum Gasteiger partial charge on any atom is -0.297 e. The van der Waals surface area contributed by atoms with Crippen LogP contribution in [0, 0.1) is 10.7 Å². The van der Waals surface area contributed by atoms with Gasteiger partial charge in [-0.25, -0.2) is 4.39 Å². The van der Waals surface area contributed by atoms with Crippen molar-refractivity contribution in [2.24, 2.45) is 5.18 Å². The molecule has 0 bridgehead atoms. The van der Waals surface area contributed by atoms with E-state index in [0.717, 1.165) is 5.56 Å². The minimum atomic E-state index is -1.02. The number of hydrogen-bond donors (Lipinski definition) is 0. The summed E-state index contributed by atoms with van der Waals surface area (Å²) in [5.41, 5.74) is 1.29. The molecule has 1 aromatic carbocycles. The molecule has 78 valence electrons. The molecular formula is C11H10FNO2. The number of hydrogen-bond acceptors (Lipinski definition) is 3. The molecule has 1 unspecified atom stereocenters. The summed E-state index contributed by atoms with van der Waals surface area (Å²) in [6.07, 6.45) is 1.74. The van der Waals surface area contributed by atoms with E-state index in [9.17, 15) is 14.1 Å². The Balaban J connectivity index is 2.53. The van der Waals surface area contributed by atoms with Gasteiger partial charge in [-0.3, -0.25) is 4.79 Å². The van der Waals surface area contributed by atoms with Crippen LogP contribution in [0.25, 0.3) is 0 Å². The van der Waals surface area contributed by atoms with Gasteiger partial charge in [0.2, 0.25) is 0 Å². The highest BCUT2D eigenvalue weighted by Crippen LogP contribution is 2.29. The Bertz CT molecular complexity index is 417. The molecule has 0 heterocycles. The van der Waals surface area contributed by atoms with Crippen molar-refractivity contribution in [3.05, 3.63) is 40.1 Å². The number of rotatable bonds is 1. The van der Waals surface area contributed by atoms with Crippen molar-refractivity contribution in [1.29, 1.82) is 0 Å². The highest BCUT2D eigenvalue weighted by molar-refractivity contribution is 5.86. The lowest BCUT2D eigenvalue weighted by atomic mass is 9.99. The molecule has 15 heavy (non-hydrogen) atoms. The molecule has 0 radical (unpaired) electrons. The van der Waals surface area contributed by atoms with Crippen LogP contribution < -0.4 is 0 Å². The first-order valence-corrected chi connectivity index (χ1v) is 4.86. The van der Waals surface area contributed by atoms with Gasteiger partial charge in [-0.1, -0.05) is 11.2 Å². The summed E-state index contributed by atoms with van der Waals surface area (Å²) in [6.45, 7) is 0. The number of fused-ring (bicyclic) bond motifs is 1. The molecule has 0 aliphatic heterocycles. The number of aryl methyl sites for hydroxylation is 1. The molecule has 1 aliphatic rings. The average Bonchev–Trinajstić information content (AvgIpc) is 2.36. The zero-order valence-electron chi connectivity index (χ0n) is 8.07. The number of carbonyl (C=O) groups excluding carboxylic acids is 1. The van der Waals surface area contributed by atoms with Crippen molar-refractivity contribution >= 4 is 5.78 Å². The number of benzene rings is 1. The standard InChI is InChI=1S/C11H10FNO2/c12-8-5-4-7-2-1-3-10(14)11(13-15)9(7)6-8/h4-6,11H,1-3H2. The van der Waals surface area contributed by atoms with Gasteiger partial charge in [-0.05, 0) is 36.1 Å². The van der Waals surface area contributed by atoms with Gasteiger partial charge in [0.1, 0.15) is 5.82 Å². The number of nitroso groups, excluding NO2 is 1. The van der Waals surface area contributed by atoms with Crippen LogP contribution in [0.3, 0.4) is 0 Å². The Hall–Kier alpha value is -1.58. The Kier molecular flexibility index (Phi) is 2.58. The molecule has 1 atom stereocenters. The van der Waals surface area contributed by atoms with Crippen LogP contribution in [0.15, 0.2) is 23.4 Å². The molecular weight excluding hydrogens is 197 g/mol. The van der Waals surface area contributed by atoms with Gasteiger partial charge in [0.25, 0.3) is 0 Å². The van der Waals surface area contributed by atoms with Crippen molar-refractivity contribution in [3.8, 4) is 0 Å². The van der Waals surface area contributed by atoms with E-state index >= 15 is 0 Å². The van der Waals surface area contributed by atoms with E-state index in [1.807, 2.05) is 0 Å². The third-order valence-electron chi connectivity index (χ3n) is 2.68. The van der Waals surface area contributed by atoms with Crippen molar-refractivity contribution < 1.29 is 9.18 Å². The number of nitrogens with zero attached hydrogens (tertiary/aromatic N) is 1. The maximum Gasteiger partial charge on any atom is 0.175 e. The summed E-state index contributed by atoms with van der Waals surface area (Å²) in [5, 5.41) is 2.80. The zero-order chi connectivity index (χ0) is 10.8. The Labute approximate surface area is 86.3 Å². The molecule has 0 fully saturated rings. The van der Waals surface area contributed by atoms with Gasteiger partial charge in [0.05, 0.1) is 0 Å². The molecule has 3 nitrogen and oxygen atoms in total. The van der Waals surface area contributed by atoms with Crippen LogP contribution in [0.4, 0.5) is 4.39 Å². The summed E-state index contributed by atoms with van der Waals surface area (Å²) >= 11 is 0. The molecule has 1 aliphatic carbocycles. The lowest BCUT2D eigenvalue weighted by Crippen LogP contribution is -2.08. The first-order chi connectivity index (χ1) is 7.22. The molecule has 0 aromatic heterocycles. The first-order valence-electron chi connectivity index (χ1n) is 4.86. The molecule has 0 N–H and O–H groups in total. The quantitative estimate of drug-likeness (QED) is 0.524. The zero-order valence-corrected chi connectivity index (χ0v) is 8.07. The molecule has 0 amide bonds. The predicted molar refractivity (Wildman–Crippen MR) is 52.9 cm³/mol. The largest absolute Gasteiger partial charge is 0.297 e. The van der Waals surface area contributed by atoms with Crippen LogP contribution >= 0.6 is 0 Å². The van der Waals surface area contributed by atoms with E-state index in [1.54, 1.807) is 6.07 Å². The van der Waals surface area contributed by atoms with E-state index in [-0.39, 0.29) is 5.78 Å². The summed E-state index contributed by atoms with van der Waals surface area (Å²) < 4.78 is 13.0. The average molecular weight is 207 g/mol. The van der Waals surface area contributed by atoms with Crippen molar-refractivity contribution in [2.75, 3.05) is 0 Å². The number of halogens is 1. The smallest absolute Gasteiger partial charge is 0.175 e. The van der Waals surface area contributed by atoms with Crippen LogP contribution in [-0.2, 0) is 11.2 Å². The fourth-order valence-electron chi connectivity index (χ4n) is 1.93. The predicted octanol–water partition coefficient (Wildman–Crippen LogP) is 2.54. The highest BCUT2D eigenvalue weighted by atomic mass is 19.1. The van der Waals surface area contributed by atoms with Gasteiger partial charge >= 0.3 is 0 Å². The maximum atomic E-state index is 13.0. The molecule has 1 aromatic rings. The fourth-order valence-corrected chi connectivity index (χ4v) is 1.93. The fraction of sp³-hybridized carbons (Fsp3) is 0.364. The third-order valence-corrected chi connectivity index (χ3v) is 2.68. The highest BCUT2D eigenvalue weighted by Gasteiger charge is 2.26. The van der Waals surface area contributed by atoms with E-state index in [1.165, 1.54) is 12.1 Å². The lowest BCUT2D eigenvalue weighted by molar-refractivity contribution is -0.120. The Morgan fingerprint density at radius 1 is 1.33 bits per heavy atom. The molecule has 4 heteroatoms. The molecule has 2 rings (SSSR count). The molecule has 0 saturated heterocycles. The lowest BCUT2D eigenvalue weighted by Gasteiger charge is -2.08. The minimum absolute atomic E-state index is 0.214. The number of ketones is 1. The topological polar surface area (TPSA) is 46.5 Å². The van der Waals surface area contributed by atoms with Gasteiger partial charge < -0.3 is 0 Å². The summed E-state index contributed by atoms with van der Waals surface area (Å²) in [4.78, 5) is 22.1. The van der Waals surface area contributed by atoms with Gasteiger partial charge in [0, 0.05) is 6.42 Å². The van der Waals surface area contributed by atoms with Crippen LogP contribution in [-0.4, -0.2) is 5.78 Å². The maximum absolute atomic E-state index is 13.0. The normalized spacial score (nSPS) is 20.6. The summed E-state index contributed by atoms with van der Waals surface area (Å²) in [5.74, 6) is -0.647. The van der Waals surface area contributed by atoms with Crippen molar-refractivity contribution in [3.63, 3.8) is 0 Å². The Morgan fingerprint density at radius 3 is 2.87 bits per heavy atom. The van der Waals surface area contributed by atoms with E-state index in [4.69, 9.17) is 0 Å². The number of Topliss-reactive ketones (excluding diaryl/α,β-unsaturated/α-hetero) is 1. The van der Waals surface area contributed by atoms with E-state index in [2.05, 4.69) is 5.18 Å². The summed E-state index contributed by atoms with van der Waals surface area (Å²) in [7, 11) is 0. The summed E-state index contributed by atoms with van der Waals surface area (Å²) in [6, 6.07) is 3.20. The molecule has 0 saturated carbocycles.